The molecule has 1 saturated heterocycles. The zero-order valence-electron chi connectivity index (χ0n) is 21.3. The van der Waals surface area contributed by atoms with E-state index < -0.39 is 16.5 Å². The molecule has 2 aliphatic heterocycles. The van der Waals surface area contributed by atoms with Crippen molar-refractivity contribution in [1.29, 1.82) is 0 Å². The highest BCUT2D eigenvalue weighted by atomic mass is 35.5. The van der Waals surface area contributed by atoms with Crippen LogP contribution in [0.25, 0.3) is 0 Å². The largest absolute Gasteiger partial charge is 0.308 e. The van der Waals surface area contributed by atoms with Crippen molar-refractivity contribution in [2.75, 3.05) is 53.9 Å². The van der Waals surface area contributed by atoms with Gasteiger partial charge in [0.05, 0.1) is 12.3 Å². The predicted octanol–water partition coefficient (Wildman–Crippen LogP) is 3.24. The van der Waals surface area contributed by atoms with Crippen molar-refractivity contribution in [3.63, 3.8) is 0 Å². The minimum absolute atomic E-state index is 0.00313. The SMILES string of the molecule is CN(C)CCNC(N1CC(c2ccccc2)C(c2ccc(Cl)cc2)=N1)N(C)S(=O)(=O)N1CCCCC1. The van der Waals surface area contributed by atoms with Gasteiger partial charge in [-0.3, -0.25) is 10.3 Å². The third-order valence-corrected chi connectivity index (χ3v) is 8.99. The Kier molecular flexibility index (Phi) is 9.03. The first-order chi connectivity index (χ1) is 17.3. The van der Waals surface area contributed by atoms with E-state index in [0.29, 0.717) is 31.2 Å². The van der Waals surface area contributed by atoms with Crippen LogP contribution in [0.15, 0.2) is 59.7 Å². The maximum atomic E-state index is 13.6. The Morgan fingerprint density at radius 2 is 1.69 bits per heavy atom. The van der Waals surface area contributed by atoms with Gasteiger partial charge in [0.25, 0.3) is 10.2 Å². The molecule has 0 amide bonds. The van der Waals surface area contributed by atoms with Gasteiger partial charge in [-0.25, -0.2) is 0 Å². The van der Waals surface area contributed by atoms with Crippen LogP contribution in [-0.2, 0) is 10.2 Å². The molecule has 36 heavy (non-hydrogen) atoms. The number of likely N-dealkylation sites (N-methyl/N-ethyl adjacent to an activating group) is 1. The Hall–Kier alpha value is -2.01. The average Bonchev–Trinajstić information content (AvgIpc) is 3.32. The molecular formula is C26H37ClN6O2S. The summed E-state index contributed by atoms with van der Waals surface area (Å²) in [5, 5.41) is 11.1. The number of nitrogens with one attached hydrogen (secondary N) is 1. The fourth-order valence-electron chi connectivity index (χ4n) is 4.75. The van der Waals surface area contributed by atoms with Crippen LogP contribution >= 0.6 is 11.6 Å². The molecule has 1 fully saturated rings. The van der Waals surface area contributed by atoms with E-state index in [2.05, 4.69) is 22.3 Å². The Labute approximate surface area is 220 Å². The molecule has 196 valence electrons. The molecule has 1 N–H and O–H groups in total. The molecule has 0 spiro atoms. The Bertz CT molecular complexity index is 1120. The first-order valence-electron chi connectivity index (χ1n) is 12.5. The molecule has 0 aromatic heterocycles. The monoisotopic (exact) mass is 532 g/mol. The van der Waals surface area contributed by atoms with Gasteiger partial charge in [0.2, 0.25) is 0 Å². The molecule has 2 heterocycles. The van der Waals surface area contributed by atoms with Gasteiger partial charge in [-0.05, 0) is 50.2 Å². The minimum atomic E-state index is -3.66. The van der Waals surface area contributed by atoms with Crippen LogP contribution in [-0.4, -0.2) is 92.8 Å². The van der Waals surface area contributed by atoms with Gasteiger partial charge in [0, 0.05) is 44.2 Å². The number of hydrogen-bond acceptors (Lipinski definition) is 6. The highest BCUT2D eigenvalue weighted by Crippen LogP contribution is 2.31. The van der Waals surface area contributed by atoms with Crippen molar-refractivity contribution in [2.45, 2.75) is 31.5 Å². The number of rotatable bonds is 10. The molecule has 0 aliphatic carbocycles. The summed E-state index contributed by atoms with van der Waals surface area (Å²) in [5.74, 6) is -0.00313. The molecule has 2 atom stereocenters. The van der Waals surface area contributed by atoms with E-state index in [-0.39, 0.29) is 5.92 Å². The van der Waals surface area contributed by atoms with E-state index in [0.717, 1.165) is 42.6 Å². The number of benzene rings is 2. The second-order valence-corrected chi connectivity index (χ2v) is 12.1. The summed E-state index contributed by atoms with van der Waals surface area (Å²) in [7, 11) is 2.01. The van der Waals surface area contributed by atoms with Crippen LogP contribution in [0.2, 0.25) is 5.02 Å². The van der Waals surface area contributed by atoms with Crippen molar-refractivity contribution in [1.82, 2.24) is 23.8 Å². The average molecular weight is 533 g/mol. The minimum Gasteiger partial charge on any atom is -0.308 e. The molecule has 2 unspecified atom stereocenters. The van der Waals surface area contributed by atoms with E-state index in [4.69, 9.17) is 16.7 Å². The van der Waals surface area contributed by atoms with Gasteiger partial charge < -0.3 is 4.90 Å². The summed E-state index contributed by atoms with van der Waals surface area (Å²) in [4.78, 5) is 2.07. The molecule has 0 saturated carbocycles. The molecule has 2 aromatic rings. The van der Waals surface area contributed by atoms with E-state index in [9.17, 15) is 8.42 Å². The first kappa shape index (κ1) is 27.0. The second-order valence-electron chi connectivity index (χ2n) is 9.69. The van der Waals surface area contributed by atoms with Crippen LogP contribution in [0, 0.1) is 0 Å². The molecule has 2 aromatic carbocycles. The third kappa shape index (κ3) is 6.27. The van der Waals surface area contributed by atoms with Crippen molar-refractivity contribution in [2.24, 2.45) is 5.10 Å². The topological polar surface area (TPSA) is 71.5 Å². The van der Waals surface area contributed by atoms with E-state index in [1.165, 1.54) is 4.31 Å². The normalized spacial score (nSPS) is 20.2. The van der Waals surface area contributed by atoms with Crippen LogP contribution in [0.1, 0.15) is 36.3 Å². The fraction of sp³-hybridized carbons (Fsp3) is 0.500. The molecule has 0 bridgehead atoms. The summed E-state index contributed by atoms with van der Waals surface area (Å²) in [6, 6.07) is 17.9. The molecular weight excluding hydrogens is 496 g/mol. The number of nitrogens with zero attached hydrogens (tertiary/aromatic N) is 5. The lowest BCUT2D eigenvalue weighted by Gasteiger charge is -2.38. The highest BCUT2D eigenvalue weighted by molar-refractivity contribution is 7.86. The van der Waals surface area contributed by atoms with Crippen molar-refractivity contribution >= 4 is 27.5 Å². The fourth-order valence-corrected chi connectivity index (χ4v) is 6.39. The summed E-state index contributed by atoms with van der Waals surface area (Å²) < 4.78 is 30.3. The number of hydrogen-bond donors (Lipinski definition) is 1. The van der Waals surface area contributed by atoms with Crippen molar-refractivity contribution in [3.05, 3.63) is 70.7 Å². The van der Waals surface area contributed by atoms with Gasteiger partial charge >= 0.3 is 0 Å². The summed E-state index contributed by atoms with van der Waals surface area (Å²) in [6.45, 7) is 3.07. The Morgan fingerprint density at radius 3 is 2.33 bits per heavy atom. The highest BCUT2D eigenvalue weighted by Gasteiger charge is 2.39. The number of hydrazone groups is 1. The lowest BCUT2D eigenvalue weighted by atomic mass is 9.91. The van der Waals surface area contributed by atoms with Gasteiger partial charge in [-0.1, -0.05) is 60.5 Å². The van der Waals surface area contributed by atoms with Gasteiger partial charge in [-0.2, -0.15) is 22.1 Å². The predicted molar refractivity (Wildman–Crippen MR) is 146 cm³/mol. The number of halogens is 1. The third-order valence-electron chi connectivity index (χ3n) is 6.80. The van der Waals surface area contributed by atoms with Gasteiger partial charge in [-0.15, -0.1) is 0 Å². The summed E-state index contributed by atoms with van der Waals surface area (Å²) >= 11 is 6.16. The lowest BCUT2D eigenvalue weighted by molar-refractivity contribution is 0.0891. The molecule has 0 radical (unpaired) electrons. The Balaban J connectivity index is 1.68. The van der Waals surface area contributed by atoms with Gasteiger partial charge in [0.15, 0.2) is 6.29 Å². The summed E-state index contributed by atoms with van der Waals surface area (Å²) in [5.41, 5.74) is 3.02. The maximum absolute atomic E-state index is 13.6. The maximum Gasteiger partial charge on any atom is 0.284 e. The first-order valence-corrected chi connectivity index (χ1v) is 14.3. The standard InChI is InChI=1S/C26H37ClN6O2S/c1-30(2)19-16-28-26(31(3)36(34,35)32-17-8-5-9-18-32)33-20-24(21-10-6-4-7-11-21)25(29-33)22-12-14-23(27)15-13-22/h4,6-7,10-15,24,26,28H,5,8-9,16-20H2,1-3H3. The van der Waals surface area contributed by atoms with E-state index >= 15 is 0 Å². The van der Waals surface area contributed by atoms with Crippen LogP contribution < -0.4 is 5.32 Å². The quantitative estimate of drug-likeness (QED) is 0.476. The molecule has 10 heteroatoms. The zero-order valence-corrected chi connectivity index (χ0v) is 22.9. The molecule has 2 aliphatic rings. The lowest BCUT2D eigenvalue weighted by Crippen LogP contribution is -2.59. The van der Waals surface area contributed by atoms with Crippen molar-refractivity contribution < 1.29 is 8.42 Å². The van der Waals surface area contributed by atoms with Crippen molar-refractivity contribution in [3.8, 4) is 0 Å². The number of piperidine rings is 1. The van der Waals surface area contributed by atoms with Crippen LogP contribution in [0.5, 0.6) is 0 Å². The van der Waals surface area contributed by atoms with Crippen LogP contribution in [0.4, 0.5) is 0 Å². The molecule has 8 nitrogen and oxygen atoms in total. The summed E-state index contributed by atoms with van der Waals surface area (Å²) in [6.07, 6.45) is 2.24. The zero-order chi connectivity index (χ0) is 25.7. The Morgan fingerprint density at radius 1 is 1.03 bits per heavy atom. The van der Waals surface area contributed by atoms with Crippen LogP contribution in [0.3, 0.4) is 0 Å². The van der Waals surface area contributed by atoms with E-state index in [1.54, 1.807) is 11.4 Å². The van der Waals surface area contributed by atoms with Gasteiger partial charge in [0.1, 0.15) is 0 Å². The second kappa shape index (κ2) is 12.0. The smallest absolute Gasteiger partial charge is 0.284 e. The molecule has 4 rings (SSSR count). The van der Waals surface area contributed by atoms with E-state index in [1.807, 2.05) is 61.6 Å².